The van der Waals surface area contributed by atoms with Gasteiger partial charge >= 0.3 is 0 Å². The van der Waals surface area contributed by atoms with Crippen LogP contribution < -0.4 is 5.73 Å². The predicted molar refractivity (Wildman–Crippen MR) is 86.3 cm³/mol. The highest BCUT2D eigenvalue weighted by atomic mass is 35.5. The van der Waals surface area contributed by atoms with Crippen LogP contribution in [-0.2, 0) is 18.0 Å². The third kappa shape index (κ3) is 4.28. The minimum Gasteiger partial charge on any atom is -0.384 e. The number of rotatable bonds is 6. The molecule has 116 valence electrons. The molecular weight excluding hydrogens is 306 g/mol. The van der Waals surface area contributed by atoms with Gasteiger partial charge in [0, 0.05) is 11.6 Å². The van der Waals surface area contributed by atoms with Gasteiger partial charge in [0.15, 0.2) is 0 Å². The largest absolute Gasteiger partial charge is 0.384 e. The second kappa shape index (κ2) is 8.11. The molecule has 0 aliphatic rings. The Hall–Kier alpha value is -2.44. The van der Waals surface area contributed by atoms with Crippen LogP contribution in [0.2, 0.25) is 0 Å². The normalized spacial score (nSPS) is 9.82. The standard InChI is InChI=1S/C15H15N3O3.ClH/c16-15(17)13-7-3-1-5-11(13)9-21-10-12-6-2-4-8-14(12)18(19)20;/h1-8H,9-10H2,(H3,16,17);1H. The number of nitro benzene ring substituents is 1. The highest BCUT2D eigenvalue weighted by Crippen LogP contribution is 2.19. The van der Waals surface area contributed by atoms with E-state index in [0.717, 1.165) is 5.56 Å². The maximum absolute atomic E-state index is 10.9. The Labute approximate surface area is 134 Å². The number of halogens is 1. The Kier molecular flexibility index (Phi) is 6.49. The molecule has 0 aliphatic heterocycles. The van der Waals surface area contributed by atoms with Crippen LogP contribution >= 0.6 is 12.4 Å². The number of para-hydroxylation sites is 1. The number of nitrogens with zero attached hydrogens (tertiary/aromatic N) is 1. The molecule has 0 saturated carbocycles. The van der Waals surface area contributed by atoms with Crippen molar-refractivity contribution in [2.75, 3.05) is 0 Å². The van der Waals surface area contributed by atoms with Crippen molar-refractivity contribution in [3.05, 3.63) is 75.3 Å². The number of nitrogens with two attached hydrogens (primary N) is 1. The average Bonchev–Trinajstić information content (AvgIpc) is 2.48. The number of benzene rings is 2. The second-order valence-corrected chi connectivity index (χ2v) is 4.45. The maximum atomic E-state index is 10.9. The zero-order valence-electron chi connectivity index (χ0n) is 11.7. The van der Waals surface area contributed by atoms with Crippen molar-refractivity contribution >= 4 is 23.9 Å². The van der Waals surface area contributed by atoms with Crippen LogP contribution in [0.25, 0.3) is 0 Å². The number of ether oxygens (including phenoxy) is 1. The fraction of sp³-hybridized carbons (Fsp3) is 0.133. The molecule has 2 aromatic carbocycles. The van der Waals surface area contributed by atoms with Gasteiger partial charge in [-0.3, -0.25) is 15.5 Å². The van der Waals surface area contributed by atoms with Gasteiger partial charge in [-0.15, -0.1) is 12.4 Å². The van der Waals surface area contributed by atoms with Crippen molar-refractivity contribution < 1.29 is 9.66 Å². The van der Waals surface area contributed by atoms with Gasteiger partial charge in [-0.1, -0.05) is 36.4 Å². The molecule has 0 bridgehead atoms. The van der Waals surface area contributed by atoms with Gasteiger partial charge in [0.2, 0.25) is 0 Å². The summed E-state index contributed by atoms with van der Waals surface area (Å²) >= 11 is 0. The molecule has 0 heterocycles. The van der Waals surface area contributed by atoms with Gasteiger partial charge in [-0.2, -0.15) is 0 Å². The lowest BCUT2D eigenvalue weighted by atomic mass is 10.1. The monoisotopic (exact) mass is 321 g/mol. The summed E-state index contributed by atoms with van der Waals surface area (Å²) in [4.78, 5) is 10.5. The van der Waals surface area contributed by atoms with Gasteiger partial charge in [-0.05, 0) is 11.6 Å². The summed E-state index contributed by atoms with van der Waals surface area (Å²) in [7, 11) is 0. The highest BCUT2D eigenvalue weighted by molar-refractivity contribution is 5.96. The quantitative estimate of drug-likeness (QED) is 0.369. The lowest BCUT2D eigenvalue weighted by molar-refractivity contribution is -0.386. The molecule has 3 N–H and O–H groups in total. The molecule has 0 fully saturated rings. The molecule has 7 heteroatoms. The smallest absolute Gasteiger partial charge is 0.274 e. The SMILES string of the molecule is Cl.N=C(N)c1ccccc1COCc1ccccc1[N+](=O)[O-]. The van der Waals surface area contributed by atoms with Gasteiger partial charge in [0.05, 0.1) is 23.7 Å². The van der Waals surface area contributed by atoms with Crippen molar-refractivity contribution in [2.45, 2.75) is 13.2 Å². The zero-order valence-corrected chi connectivity index (χ0v) is 12.5. The fourth-order valence-electron chi connectivity index (χ4n) is 1.99. The molecule has 0 amide bonds. The van der Waals surface area contributed by atoms with Crippen molar-refractivity contribution in [3.63, 3.8) is 0 Å². The van der Waals surface area contributed by atoms with E-state index in [1.54, 1.807) is 30.3 Å². The topological polar surface area (TPSA) is 102 Å². The predicted octanol–water partition coefficient (Wildman–Crippen LogP) is 3.02. The van der Waals surface area contributed by atoms with Crippen LogP contribution in [0, 0.1) is 15.5 Å². The highest BCUT2D eigenvalue weighted by Gasteiger charge is 2.12. The average molecular weight is 322 g/mol. The van der Waals surface area contributed by atoms with E-state index in [-0.39, 0.29) is 37.1 Å². The molecule has 6 nitrogen and oxygen atoms in total. The third-order valence-corrected chi connectivity index (χ3v) is 3.01. The minimum absolute atomic E-state index is 0. The number of nitrogens with one attached hydrogen (secondary N) is 1. The molecule has 0 aliphatic carbocycles. The number of nitro groups is 1. The zero-order chi connectivity index (χ0) is 15.2. The van der Waals surface area contributed by atoms with E-state index >= 15 is 0 Å². The van der Waals surface area contributed by atoms with E-state index in [0.29, 0.717) is 11.1 Å². The fourth-order valence-corrected chi connectivity index (χ4v) is 1.99. The number of hydrogen-bond donors (Lipinski definition) is 2. The Balaban J connectivity index is 0.00000242. The molecule has 22 heavy (non-hydrogen) atoms. The molecule has 0 aromatic heterocycles. The van der Waals surface area contributed by atoms with E-state index < -0.39 is 4.92 Å². The Bertz CT molecular complexity index is 619. The lowest BCUT2D eigenvalue weighted by Gasteiger charge is -2.09. The Morgan fingerprint density at radius 1 is 1.09 bits per heavy atom. The minimum atomic E-state index is -0.428. The van der Waals surface area contributed by atoms with Crippen LogP contribution in [0.15, 0.2) is 48.5 Å². The first-order valence-electron chi connectivity index (χ1n) is 6.32. The van der Waals surface area contributed by atoms with Crippen molar-refractivity contribution in [2.24, 2.45) is 5.73 Å². The third-order valence-electron chi connectivity index (χ3n) is 3.01. The van der Waals surface area contributed by atoms with Crippen molar-refractivity contribution in [1.82, 2.24) is 0 Å². The molecule has 0 unspecified atom stereocenters. The van der Waals surface area contributed by atoms with E-state index in [9.17, 15) is 10.1 Å². The van der Waals surface area contributed by atoms with Crippen LogP contribution in [0.1, 0.15) is 16.7 Å². The summed E-state index contributed by atoms with van der Waals surface area (Å²) in [6, 6.07) is 13.6. The first-order chi connectivity index (χ1) is 10.1. The molecule has 0 atom stereocenters. The summed E-state index contributed by atoms with van der Waals surface area (Å²) < 4.78 is 5.53. The number of nitrogen functional groups attached to an aromatic ring is 1. The van der Waals surface area contributed by atoms with Crippen molar-refractivity contribution in [1.29, 1.82) is 5.41 Å². The Morgan fingerprint density at radius 3 is 2.27 bits per heavy atom. The van der Waals surface area contributed by atoms with Gasteiger partial charge in [-0.25, -0.2) is 0 Å². The molecule has 0 radical (unpaired) electrons. The lowest BCUT2D eigenvalue weighted by Crippen LogP contribution is -2.14. The molecule has 0 spiro atoms. The molecular formula is C15H16ClN3O3. The number of amidine groups is 1. The summed E-state index contributed by atoms with van der Waals surface area (Å²) in [5, 5.41) is 18.4. The first kappa shape index (κ1) is 17.6. The number of hydrogen-bond acceptors (Lipinski definition) is 4. The second-order valence-electron chi connectivity index (χ2n) is 4.45. The summed E-state index contributed by atoms with van der Waals surface area (Å²) in [6.45, 7) is 0.366. The van der Waals surface area contributed by atoms with Crippen LogP contribution in [-0.4, -0.2) is 10.8 Å². The summed E-state index contributed by atoms with van der Waals surface area (Å²) in [6.07, 6.45) is 0. The molecule has 0 saturated heterocycles. The van der Waals surface area contributed by atoms with Crippen molar-refractivity contribution in [3.8, 4) is 0 Å². The molecule has 2 rings (SSSR count). The van der Waals surface area contributed by atoms with E-state index in [1.807, 2.05) is 12.1 Å². The first-order valence-corrected chi connectivity index (χ1v) is 6.32. The van der Waals surface area contributed by atoms with Gasteiger partial charge < -0.3 is 10.5 Å². The summed E-state index contributed by atoms with van der Waals surface area (Å²) in [5.74, 6) is -0.0279. The Morgan fingerprint density at radius 2 is 1.64 bits per heavy atom. The van der Waals surface area contributed by atoms with Crippen LogP contribution in [0.4, 0.5) is 5.69 Å². The van der Waals surface area contributed by atoms with Gasteiger partial charge in [0.25, 0.3) is 5.69 Å². The van der Waals surface area contributed by atoms with Crippen LogP contribution in [0.5, 0.6) is 0 Å². The summed E-state index contributed by atoms with van der Waals surface area (Å²) in [5.41, 5.74) is 7.45. The molecule has 2 aromatic rings. The van der Waals surface area contributed by atoms with E-state index in [1.165, 1.54) is 6.07 Å². The maximum Gasteiger partial charge on any atom is 0.274 e. The van der Waals surface area contributed by atoms with E-state index in [2.05, 4.69) is 0 Å². The van der Waals surface area contributed by atoms with E-state index in [4.69, 9.17) is 15.9 Å². The van der Waals surface area contributed by atoms with Crippen LogP contribution in [0.3, 0.4) is 0 Å². The van der Waals surface area contributed by atoms with Gasteiger partial charge in [0.1, 0.15) is 5.84 Å².